The van der Waals surface area contributed by atoms with E-state index in [1.807, 2.05) is 0 Å². The molecule has 5 heteroatoms. The second-order valence-corrected chi connectivity index (χ2v) is 3.30. The average molecular weight is 223 g/mol. The Balaban J connectivity index is 2.78. The summed E-state index contributed by atoms with van der Waals surface area (Å²) < 4.78 is 0. The number of aliphatic hydroxyl groups is 1. The second kappa shape index (κ2) is 5.27. The first kappa shape index (κ1) is 12.2. The van der Waals surface area contributed by atoms with Gasteiger partial charge >= 0.3 is 5.97 Å². The van der Waals surface area contributed by atoms with E-state index in [9.17, 15) is 14.7 Å². The molecule has 0 fully saturated rings. The van der Waals surface area contributed by atoms with Crippen LogP contribution in [-0.2, 0) is 4.79 Å². The molecule has 0 saturated carbocycles. The molecule has 0 bridgehead atoms. The summed E-state index contributed by atoms with van der Waals surface area (Å²) in [5.41, 5.74) is 0.446. The minimum Gasteiger partial charge on any atom is -0.478 e. The van der Waals surface area contributed by atoms with E-state index in [0.29, 0.717) is 12.1 Å². The van der Waals surface area contributed by atoms with E-state index in [-0.39, 0.29) is 5.56 Å². The lowest BCUT2D eigenvalue weighted by molar-refractivity contribution is -0.124. The molecule has 5 nitrogen and oxygen atoms in total. The molecule has 0 saturated heterocycles. The van der Waals surface area contributed by atoms with Gasteiger partial charge in [-0.3, -0.25) is 4.79 Å². The Hall–Kier alpha value is -1.88. The van der Waals surface area contributed by atoms with Crippen LogP contribution in [-0.4, -0.2) is 28.2 Å². The van der Waals surface area contributed by atoms with E-state index in [1.54, 1.807) is 13.0 Å². The predicted octanol–water partition coefficient (Wildman–Crippen LogP) is 1.09. The lowest BCUT2D eigenvalue weighted by Gasteiger charge is -2.09. The van der Waals surface area contributed by atoms with Gasteiger partial charge in [0.1, 0.15) is 6.10 Å². The Kier molecular flexibility index (Phi) is 4.02. The van der Waals surface area contributed by atoms with Crippen LogP contribution in [0.3, 0.4) is 0 Å². The minimum atomic E-state index is -1.08. The van der Waals surface area contributed by atoms with Crippen molar-refractivity contribution in [1.29, 1.82) is 0 Å². The molecule has 1 aromatic rings. The van der Waals surface area contributed by atoms with Crippen LogP contribution in [0.15, 0.2) is 24.3 Å². The van der Waals surface area contributed by atoms with E-state index >= 15 is 0 Å². The lowest BCUT2D eigenvalue weighted by Crippen LogP contribution is -2.26. The van der Waals surface area contributed by atoms with E-state index in [1.165, 1.54) is 18.2 Å². The zero-order chi connectivity index (χ0) is 12.1. The van der Waals surface area contributed by atoms with Crippen molar-refractivity contribution in [3.63, 3.8) is 0 Å². The molecule has 0 aliphatic heterocycles. The number of carbonyl (C=O) groups is 2. The fraction of sp³-hybridized carbons (Fsp3) is 0.273. The smallest absolute Gasteiger partial charge is 0.335 e. The first-order valence-corrected chi connectivity index (χ1v) is 4.87. The summed E-state index contributed by atoms with van der Waals surface area (Å²) in [6.45, 7) is 1.68. The highest BCUT2D eigenvalue weighted by Crippen LogP contribution is 2.11. The van der Waals surface area contributed by atoms with Gasteiger partial charge in [0.15, 0.2) is 0 Å². The molecule has 1 rings (SSSR count). The number of carboxylic acids is 1. The topological polar surface area (TPSA) is 86.6 Å². The van der Waals surface area contributed by atoms with Crippen molar-refractivity contribution in [2.75, 3.05) is 5.32 Å². The molecule has 0 aromatic heterocycles. The molecule has 86 valence electrons. The number of hydrogen-bond donors (Lipinski definition) is 3. The summed E-state index contributed by atoms with van der Waals surface area (Å²) in [6.07, 6.45) is -0.766. The standard InChI is InChI=1S/C11H13NO4/c1-2-9(13)10(14)12-8-5-3-4-7(6-8)11(15)16/h3-6,9,13H,2H2,1H3,(H,12,14)(H,15,16). The Labute approximate surface area is 92.7 Å². The number of amides is 1. The molecular weight excluding hydrogens is 210 g/mol. The molecule has 1 unspecified atom stereocenters. The maximum Gasteiger partial charge on any atom is 0.335 e. The Morgan fingerprint density at radius 1 is 1.44 bits per heavy atom. The monoisotopic (exact) mass is 223 g/mol. The summed E-state index contributed by atoms with van der Waals surface area (Å²) in [7, 11) is 0. The summed E-state index contributed by atoms with van der Waals surface area (Å²) in [6, 6.07) is 5.85. The number of nitrogens with one attached hydrogen (secondary N) is 1. The number of anilines is 1. The molecule has 1 aromatic carbocycles. The Morgan fingerprint density at radius 3 is 2.69 bits per heavy atom. The number of aliphatic hydroxyl groups excluding tert-OH is 1. The summed E-state index contributed by atoms with van der Waals surface area (Å²) in [5, 5.41) is 20.4. The van der Waals surface area contributed by atoms with Crippen molar-refractivity contribution in [1.82, 2.24) is 0 Å². The van der Waals surface area contributed by atoms with Gasteiger partial charge in [-0.1, -0.05) is 13.0 Å². The maximum atomic E-state index is 11.3. The van der Waals surface area contributed by atoms with Gasteiger partial charge in [-0.05, 0) is 24.6 Å². The van der Waals surface area contributed by atoms with Crippen LogP contribution < -0.4 is 5.32 Å². The van der Waals surface area contributed by atoms with Gasteiger partial charge in [0.2, 0.25) is 0 Å². The molecule has 0 aliphatic carbocycles. The molecule has 16 heavy (non-hydrogen) atoms. The number of rotatable bonds is 4. The largest absolute Gasteiger partial charge is 0.478 e. The van der Waals surface area contributed by atoms with Crippen molar-refractivity contribution >= 4 is 17.6 Å². The number of carboxylic acid groups (broad SMARTS) is 1. The number of carbonyl (C=O) groups excluding carboxylic acids is 1. The minimum absolute atomic E-state index is 0.0868. The van der Waals surface area contributed by atoms with Crippen molar-refractivity contribution in [2.24, 2.45) is 0 Å². The van der Waals surface area contributed by atoms with Gasteiger partial charge in [-0.2, -0.15) is 0 Å². The Bertz CT molecular complexity index is 403. The van der Waals surface area contributed by atoms with E-state index in [2.05, 4.69) is 5.32 Å². The van der Waals surface area contributed by atoms with Crippen LogP contribution in [0.2, 0.25) is 0 Å². The van der Waals surface area contributed by atoms with E-state index in [0.717, 1.165) is 0 Å². The van der Waals surface area contributed by atoms with Crippen LogP contribution in [0, 0.1) is 0 Å². The number of aromatic carboxylic acids is 1. The third-order valence-corrected chi connectivity index (χ3v) is 2.07. The van der Waals surface area contributed by atoms with Gasteiger partial charge < -0.3 is 15.5 Å². The number of hydrogen-bond acceptors (Lipinski definition) is 3. The van der Waals surface area contributed by atoms with Crippen molar-refractivity contribution in [3.05, 3.63) is 29.8 Å². The van der Waals surface area contributed by atoms with Crippen LogP contribution in [0.25, 0.3) is 0 Å². The summed E-state index contributed by atoms with van der Waals surface area (Å²) in [4.78, 5) is 22.0. The SMILES string of the molecule is CCC(O)C(=O)Nc1cccc(C(=O)O)c1. The molecule has 3 N–H and O–H groups in total. The quantitative estimate of drug-likeness (QED) is 0.713. The highest BCUT2D eigenvalue weighted by molar-refractivity contribution is 5.95. The van der Waals surface area contributed by atoms with Crippen LogP contribution in [0.5, 0.6) is 0 Å². The lowest BCUT2D eigenvalue weighted by atomic mass is 10.2. The molecule has 0 aliphatic rings. The third kappa shape index (κ3) is 3.06. The van der Waals surface area contributed by atoms with Crippen molar-refractivity contribution in [2.45, 2.75) is 19.4 Å². The maximum absolute atomic E-state index is 11.3. The van der Waals surface area contributed by atoms with Gasteiger partial charge in [-0.15, -0.1) is 0 Å². The molecular formula is C11H13NO4. The fourth-order valence-corrected chi connectivity index (χ4v) is 1.14. The Morgan fingerprint density at radius 2 is 2.12 bits per heavy atom. The fourth-order valence-electron chi connectivity index (χ4n) is 1.14. The summed E-state index contributed by atoms with van der Waals surface area (Å²) in [5.74, 6) is -1.60. The zero-order valence-corrected chi connectivity index (χ0v) is 8.80. The van der Waals surface area contributed by atoms with Gasteiger partial charge in [-0.25, -0.2) is 4.79 Å². The highest BCUT2D eigenvalue weighted by Gasteiger charge is 2.13. The van der Waals surface area contributed by atoms with Crippen LogP contribution in [0.4, 0.5) is 5.69 Å². The van der Waals surface area contributed by atoms with Gasteiger partial charge in [0.05, 0.1) is 5.56 Å². The molecule has 0 spiro atoms. The normalized spacial score (nSPS) is 11.9. The third-order valence-electron chi connectivity index (χ3n) is 2.07. The predicted molar refractivity (Wildman–Crippen MR) is 58.3 cm³/mol. The second-order valence-electron chi connectivity index (χ2n) is 3.30. The first-order chi connectivity index (χ1) is 7.54. The van der Waals surface area contributed by atoms with Crippen LogP contribution in [0.1, 0.15) is 23.7 Å². The van der Waals surface area contributed by atoms with E-state index < -0.39 is 18.0 Å². The van der Waals surface area contributed by atoms with Crippen molar-refractivity contribution < 1.29 is 19.8 Å². The van der Waals surface area contributed by atoms with E-state index in [4.69, 9.17) is 5.11 Å². The van der Waals surface area contributed by atoms with Crippen LogP contribution >= 0.6 is 0 Å². The molecule has 0 heterocycles. The van der Waals surface area contributed by atoms with Crippen molar-refractivity contribution in [3.8, 4) is 0 Å². The summed E-state index contributed by atoms with van der Waals surface area (Å²) >= 11 is 0. The molecule has 0 radical (unpaired) electrons. The molecule has 1 amide bonds. The number of benzene rings is 1. The zero-order valence-electron chi connectivity index (χ0n) is 8.80. The van der Waals surface area contributed by atoms with Gasteiger partial charge in [0.25, 0.3) is 5.91 Å². The average Bonchev–Trinajstić information content (AvgIpc) is 2.28. The first-order valence-electron chi connectivity index (χ1n) is 4.87. The molecule has 1 atom stereocenters. The highest BCUT2D eigenvalue weighted by atomic mass is 16.4. The van der Waals surface area contributed by atoms with Gasteiger partial charge in [0, 0.05) is 5.69 Å².